The highest BCUT2D eigenvalue weighted by Crippen LogP contribution is 2.29. The second-order valence-electron chi connectivity index (χ2n) is 11.5. The first-order chi connectivity index (χ1) is 22.0. The van der Waals surface area contributed by atoms with E-state index in [9.17, 15) is 18.0 Å². The van der Waals surface area contributed by atoms with E-state index in [-0.39, 0.29) is 29.3 Å². The van der Waals surface area contributed by atoms with E-state index >= 15 is 4.39 Å². The van der Waals surface area contributed by atoms with E-state index in [2.05, 4.69) is 5.32 Å². The third-order valence-corrected chi connectivity index (χ3v) is 9.91. The van der Waals surface area contributed by atoms with Gasteiger partial charge in [-0.25, -0.2) is 12.8 Å². The maximum atomic E-state index is 15.1. The van der Waals surface area contributed by atoms with Crippen LogP contribution in [-0.4, -0.2) is 44.3 Å². The van der Waals surface area contributed by atoms with Gasteiger partial charge in [0.25, 0.3) is 10.0 Å². The number of carbonyl (C=O) groups excluding carboxylic acids is 2. The van der Waals surface area contributed by atoms with Crippen molar-refractivity contribution in [2.45, 2.75) is 64.4 Å². The number of hydrogen-bond acceptors (Lipinski definition) is 4. The van der Waals surface area contributed by atoms with E-state index in [1.165, 1.54) is 23.1 Å². The first kappa shape index (κ1) is 34.4. The molecule has 0 heterocycles. The molecule has 0 saturated carbocycles. The van der Waals surface area contributed by atoms with Crippen LogP contribution in [0.5, 0.6) is 0 Å². The average molecular weight is 644 g/mol. The molecule has 0 aromatic heterocycles. The molecule has 1 atom stereocenters. The van der Waals surface area contributed by atoms with Crippen LogP contribution >= 0.6 is 0 Å². The molecule has 0 spiro atoms. The molecule has 4 aromatic carbocycles. The summed E-state index contributed by atoms with van der Waals surface area (Å²) in [6, 6.07) is 26.1. The molecule has 0 aliphatic rings. The minimum absolute atomic E-state index is 0.0330. The van der Waals surface area contributed by atoms with Crippen molar-refractivity contribution in [1.29, 1.82) is 0 Å². The van der Waals surface area contributed by atoms with Gasteiger partial charge in [-0.1, -0.05) is 91.7 Å². The topological polar surface area (TPSA) is 86.8 Å². The number of benzene rings is 4. The van der Waals surface area contributed by atoms with Gasteiger partial charge in [-0.3, -0.25) is 13.9 Å². The molecule has 0 radical (unpaired) electrons. The van der Waals surface area contributed by atoms with Crippen LogP contribution in [0.4, 0.5) is 10.1 Å². The zero-order chi connectivity index (χ0) is 33.3. The summed E-state index contributed by atoms with van der Waals surface area (Å²) in [5.74, 6) is -1.54. The predicted octanol–water partition coefficient (Wildman–Crippen LogP) is 6.50. The van der Waals surface area contributed by atoms with Crippen molar-refractivity contribution >= 4 is 27.5 Å². The van der Waals surface area contributed by atoms with Gasteiger partial charge in [0.15, 0.2) is 0 Å². The molecule has 7 nitrogen and oxygen atoms in total. The molecular weight excluding hydrogens is 601 g/mol. The van der Waals surface area contributed by atoms with Crippen LogP contribution in [0.25, 0.3) is 0 Å². The van der Waals surface area contributed by atoms with Crippen molar-refractivity contribution in [3.05, 3.63) is 131 Å². The summed E-state index contributed by atoms with van der Waals surface area (Å²) in [4.78, 5) is 29.7. The van der Waals surface area contributed by atoms with E-state index in [1.807, 2.05) is 64.1 Å². The molecule has 4 aromatic rings. The Kier molecular flexibility index (Phi) is 11.7. The SMILES string of the molecule is CCCCNC(=O)C(Cc1ccccc1)N(Cc1ccccc1F)C(=O)CN(c1cccc(C)c1C)S(=O)(=O)c1ccc(C)cc1. The molecule has 9 heteroatoms. The van der Waals surface area contributed by atoms with Gasteiger partial charge in [-0.05, 0) is 68.1 Å². The Morgan fingerprint density at radius 2 is 1.52 bits per heavy atom. The van der Waals surface area contributed by atoms with Crippen molar-refractivity contribution in [3.63, 3.8) is 0 Å². The summed E-state index contributed by atoms with van der Waals surface area (Å²) >= 11 is 0. The molecule has 0 aliphatic heterocycles. The molecule has 0 aliphatic carbocycles. The lowest BCUT2D eigenvalue weighted by molar-refractivity contribution is -0.140. The summed E-state index contributed by atoms with van der Waals surface area (Å²) in [6.07, 6.45) is 1.77. The maximum absolute atomic E-state index is 15.1. The number of nitrogens with one attached hydrogen (secondary N) is 1. The smallest absolute Gasteiger partial charge is 0.264 e. The number of sulfonamides is 1. The third-order valence-electron chi connectivity index (χ3n) is 8.13. The van der Waals surface area contributed by atoms with Crippen LogP contribution in [0.2, 0.25) is 0 Å². The Bertz CT molecular complexity index is 1740. The number of aryl methyl sites for hydroxylation is 2. The van der Waals surface area contributed by atoms with Gasteiger partial charge >= 0.3 is 0 Å². The molecule has 2 amide bonds. The number of rotatable bonds is 14. The fraction of sp³-hybridized carbons (Fsp3) is 0.297. The van der Waals surface area contributed by atoms with Gasteiger partial charge in [0.2, 0.25) is 11.8 Å². The monoisotopic (exact) mass is 643 g/mol. The Hall–Kier alpha value is -4.50. The van der Waals surface area contributed by atoms with E-state index in [0.29, 0.717) is 17.8 Å². The Balaban J connectivity index is 1.83. The summed E-state index contributed by atoms with van der Waals surface area (Å²) in [5.41, 5.74) is 3.83. The maximum Gasteiger partial charge on any atom is 0.264 e. The zero-order valence-electron chi connectivity index (χ0n) is 26.9. The summed E-state index contributed by atoms with van der Waals surface area (Å²) in [6.45, 7) is 7.15. The third kappa shape index (κ3) is 8.40. The zero-order valence-corrected chi connectivity index (χ0v) is 27.7. The number of halogens is 1. The first-order valence-corrected chi connectivity index (χ1v) is 17.0. The minimum Gasteiger partial charge on any atom is -0.354 e. The molecule has 0 saturated heterocycles. The van der Waals surface area contributed by atoms with Gasteiger partial charge in [-0.2, -0.15) is 0 Å². The largest absolute Gasteiger partial charge is 0.354 e. The van der Waals surface area contributed by atoms with E-state index in [4.69, 9.17) is 0 Å². The highest BCUT2D eigenvalue weighted by atomic mass is 32.2. The van der Waals surface area contributed by atoms with Crippen molar-refractivity contribution in [1.82, 2.24) is 10.2 Å². The number of carbonyl (C=O) groups is 2. The highest BCUT2D eigenvalue weighted by Gasteiger charge is 2.35. The fourth-order valence-corrected chi connectivity index (χ4v) is 6.70. The van der Waals surface area contributed by atoms with Crippen LogP contribution in [-0.2, 0) is 32.6 Å². The van der Waals surface area contributed by atoms with Crippen LogP contribution in [0.15, 0.2) is 102 Å². The van der Waals surface area contributed by atoms with Gasteiger partial charge in [0.1, 0.15) is 18.4 Å². The van der Waals surface area contributed by atoms with Gasteiger partial charge in [0.05, 0.1) is 10.6 Å². The normalized spacial score (nSPS) is 11.9. The van der Waals surface area contributed by atoms with Gasteiger partial charge in [0, 0.05) is 25.1 Å². The molecule has 242 valence electrons. The summed E-state index contributed by atoms with van der Waals surface area (Å²) in [7, 11) is -4.23. The molecule has 0 fully saturated rings. The lowest BCUT2D eigenvalue weighted by Crippen LogP contribution is -2.53. The highest BCUT2D eigenvalue weighted by molar-refractivity contribution is 7.92. The van der Waals surface area contributed by atoms with E-state index in [1.54, 1.807) is 42.5 Å². The molecule has 1 unspecified atom stereocenters. The fourth-order valence-electron chi connectivity index (χ4n) is 5.23. The van der Waals surface area contributed by atoms with Crippen molar-refractivity contribution in [2.75, 3.05) is 17.4 Å². The Morgan fingerprint density at radius 1 is 0.848 bits per heavy atom. The van der Waals surface area contributed by atoms with Gasteiger partial charge < -0.3 is 10.2 Å². The molecular formula is C37H42FN3O4S. The van der Waals surface area contributed by atoms with Crippen LogP contribution in [0.1, 0.15) is 47.6 Å². The standard InChI is InChI=1S/C37H42FN3O4S/c1-5-6-23-39-37(43)35(24-30-14-8-7-9-15-30)40(25-31-16-10-11-17-33(31)38)36(42)26-41(34-18-12-13-28(3)29(34)4)46(44,45)32-21-19-27(2)20-22-32/h7-22,35H,5-6,23-26H2,1-4H3,(H,39,43). The molecule has 0 bridgehead atoms. The number of hydrogen-bond donors (Lipinski definition) is 1. The average Bonchev–Trinajstić information content (AvgIpc) is 3.04. The van der Waals surface area contributed by atoms with E-state index in [0.717, 1.165) is 33.8 Å². The molecule has 46 heavy (non-hydrogen) atoms. The Labute approximate surface area is 272 Å². The number of unbranched alkanes of at least 4 members (excludes halogenated alkanes) is 1. The van der Waals surface area contributed by atoms with Crippen molar-refractivity contribution in [3.8, 4) is 0 Å². The van der Waals surface area contributed by atoms with Crippen LogP contribution < -0.4 is 9.62 Å². The Morgan fingerprint density at radius 3 is 2.20 bits per heavy atom. The second kappa shape index (κ2) is 15.7. The van der Waals surface area contributed by atoms with E-state index < -0.39 is 34.3 Å². The second-order valence-corrected chi connectivity index (χ2v) is 13.4. The predicted molar refractivity (Wildman–Crippen MR) is 180 cm³/mol. The van der Waals surface area contributed by atoms with Crippen molar-refractivity contribution < 1.29 is 22.4 Å². The lowest BCUT2D eigenvalue weighted by atomic mass is 10.0. The lowest BCUT2D eigenvalue weighted by Gasteiger charge is -2.34. The summed E-state index contributed by atoms with van der Waals surface area (Å²) < 4.78 is 44.7. The van der Waals surface area contributed by atoms with Crippen LogP contribution in [0, 0.1) is 26.6 Å². The number of anilines is 1. The number of nitrogens with zero attached hydrogens (tertiary/aromatic N) is 2. The van der Waals surface area contributed by atoms with Gasteiger partial charge in [-0.15, -0.1) is 0 Å². The quantitative estimate of drug-likeness (QED) is 0.159. The summed E-state index contributed by atoms with van der Waals surface area (Å²) in [5, 5.41) is 2.94. The van der Waals surface area contributed by atoms with Crippen molar-refractivity contribution in [2.24, 2.45) is 0 Å². The molecule has 1 N–H and O–H groups in total. The van der Waals surface area contributed by atoms with Crippen LogP contribution in [0.3, 0.4) is 0 Å². The molecule has 4 rings (SSSR count). The number of amides is 2. The minimum atomic E-state index is -4.23. The first-order valence-electron chi connectivity index (χ1n) is 15.5.